The number of rotatable bonds is 7. The van der Waals surface area contributed by atoms with Crippen molar-refractivity contribution in [3.8, 4) is 5.75 Å². The highest BCUT2D eigenvalue weighted by Gasteiger charge is 2.07. The summed E-state index contributed by atoms with van der Waals surface area (Å²) in [6.07, 6.45) is 5.09. The first kappa shape index (κ1) is 13.0. The number of aromatic hydroxyl groups is 1. The van der Waals surface area contributed by atoms with E-state index in [1.807, 2.05) is 18.2 Å². The molecule has 0 saturated carbocycles. The third-order valence-corrected chi connectivity index (χ3v) is 2.88. The molecule has 0 bridgehead atoms. The highest BCUT2D eigenvalue weighted by Crippen LogP contribution is 2.22. The Hall–Kier alpha value is -1.02. The molecule has 2 N–H and O–H groups in total. The molecular formula is C14H23NO. The van der Waals surface area contributed by atoms with Crippen LogP contribution in [0.1, 0.15) is 51.1 Å². The van der Waals surface area contributed by atoms with Crippen molar-refractivity contribution in [3.63, 3.8) is 0 Å². The third-order valence-electron chi connectivity index (χ3n) is 2.88. The summed E-state index contributed by atoms with van der Waals surface area (Å²) in [4.78, 5) is 0. The van der Waals surface area contributed by atoms with E-state index in [1.165, 1.54) is 25.7 Å². The first-order chi connectivity index (χ1) is 7.75. The van der Waals surface area contributed by atoms with Gasteiger partial charge >= 0.3 is 0 Å². The Labute approximate surface area is 98.7 Å². The molecule has 0 amide bonds. The van der Waals surface area contributed by atoms with E-state index < -0.39 is 0 Å². The van der Waals surface area contributed by atoms with Crippen molar-refractivity contribution in [2.75, 3.05) is 6.54 Å². The minimum absolute atomic E-state index is 0.225. The van der Waals surface area contributed by atoms with Gasteiger partial charge in [0.15, 0.2) is 0 Å². The van der Waals surface area contributed by atoms with E-state index in [2.05, 4.69) is 19.2 Å². The molecule has 1 aromatic rings. The Balaban J connectivity index is 2.30. The molecule has 16 heavy (non-hydrogen) atoms. The maximum absolute atomic E-state index is 9.68. The molecule has 0 aliphatic carbocycles. The van der Waals surface area contributed by atoms with Gasteiger partial charge in [0, 0.05) is 11.6 Å². The Morgan fingerprint density at radius 2 is 1.94 bits per heavy atom. The van der Waals surface area contributed by atoms with Crippen molar-refractivity contribution in [1.82, 2.24) is 5.32 Å². The van der Waals surface area contributed by atoms with Crippen LogP contribution in [0.3, 0.4) is 0 Å². The standard InChI is InChI=1S/C14H23NO/c1-3-4-5-8-11-15-12(2)13-9-6-7-10-14(13)16/h6-7,9-10,12,15-16H,3-5,8,11H2,1-2H3. The fraction of sp³-hybridized carbons (Fsp3) is 0.571. The Bertz CT molecular complexity index is 299. The molecule has 1 unspecified atom stereocenters. The van der Waals surface area contributed by atoms with Gasteiger partial charge < -0.3 is 10.4 Å². The van der Waals surface area contributed by atoms with Gasteiger partial charge in [-0.25, -0.2) is 0 Å². The van der Waals surface area contributed by atoms with E-state index in [4.69, 9.17) is 0 Å². The van der Waals surface area contributed by atoms with Gasteiger partial charge in [-0.3, -0.25) is 0 Å². The lowest BCUT2D eigenvalue weighted by atomic mass is 10.1. The maximum Gasteiger partial charge on any atom is 0.120 e. The van der Waals surface area contributed by atoms with Gasteiger partial charge in [0.05, 0.1) is 0 Å². The topological polar surface area (TPSA) is 32.3 Å². The normalized spacial score (nSPS) is 12.6. The average Bonchev–Trinajstić information content (AvgIpc) is 2.29. The lowest BCUT2D eigenvalue weighted by Gasteiger charge is -2.15. The molecule has 0 fully saturated rings. The van der Waals surface area contributed by atoms with E-state index >= 15 is 0 Å². The smallest absolute Gasteiger partial charge is 0.120 e. The van der Waals surface area contributed by atoms with Gasteiger partial charge in [-0.15, -0.1) is 0 Å². The Morgan fingerprint density at radius 1 is 1.19 bits per heavy atom. The fourth-order valence-corrected chi connectivity index (χ4v) is 1.83. The van der Waals surface area contributed by atoms with Crippen LogP contribution in [0.4, 0.5) is 0 Å². The molecule has 1 rings (SSSR count). The first-order valence-electron chi connectivity index (χ1n) is 6.27. The van der Waals surface area contributed by atoms with Gasteiger partial charge in [0.1, 0.15) is 5.75 Å². The summed E-state index contributed by atoms with van der Waals surface area (Å²) in [7, 11) is 0. The van der Waals surface area contributed by atoms with Crippen LogP contribution in [0.5, 0.6) is 5.75 Å². The van der Waals surface area contributed by atoms with Gasteiger partial charge in [-0.2, -0.15) is 0 Å². The molecule has 0 aromatic heterocycles. The molecule has 0 aliphatic heterocycles. The number of phenols is 1. The van der Waals surface area contributed by atoms with Crippen molar-refractivity contribution in [3.05, 3.63) is 29.8 Å². The Kier molecular flexibility index (Phi) is 5.94. The number of nitrogens with one attached hydrogen (secondary N) is 1. The van der Waals surface area contributed by atoms with Gasteiger partial charge in [-0.1, -0.05) is 44.4 Å². The van der Waals surface area contributed by atoms with Crippen molar-refractivity contribution in [1.29, 1.82) is 0 Å². The molecule has 1 atom stereocenters. The van der Waals surface area contributed by atoms with E-state index in [0.717, 1.165) is 12.1 Å². The summed E-state index contributed by atoms with van der Waals surface area (Å²) >= 11 is 0. The van der Waals surface area contributed by atoms with Crippen molar-refractivity contribution < 1.29 is 5.11 Å². The predicted molar refractivity (Wildman–Crippen MR) is 68.7 cm³/mol. The molecule has 0 heterocycles. The number of hydrogen-bond acceptors (Lipinski definition) is 2. The number of para-hydroxylation sites is 1. The summed E-state index contributed by atoms with van der Waals surface area (Å²) in [6, 6.07) is 7.75. The Morgan fingerprint density at radius 3 is 2.62 bits per heavy atom. The van der Waals surface area contributed by atoms with Crippen LogP contribution in [-0.4, -0.2) is 11.7 Å². The molecule has 2 heteroatoms. The highest BCUT2D eigenvalue weighted by atomic mass is 16.3. The maximum atomic E-state index is 9.68. The van der Waals surface area contributed by atoms with Crippen LogP contribution in [-0.2, 0) is 0 Å². The minimum atomic E-state index is 0.225. The van der Waals surface area contributed by atoms with Gasteiger partial charge in [-0.05, 0) is 26.0 Å². The SMILES string of the molecule is CCCCCCNC(C)c1ccccc1O. The first-order valence-corrected chi connectivity index (χ1v) is 6.27. The summed E-state index contributed by atoms with van der Waals surface area (Å²) in [5.41, 5.74) is 0.984. The van der Waals surface area contributed by atoms with Crippen LogP contribution >= 0.6 is 0 Å². The van der Waals surface area contributed by atoms with Crippen LogP contribution < -0.4 is 5.32 Å². The van der Waals surface area contributed by atoms with E-state index in [9.17, 15) is 5.11 Å². The van der Waals surface area contributed by atoms with Gasteiger partial charge in [0.25, 0.3) is 0 Å². The lowest BCUT2D eigenvalue weighted by molar-refractivity contribution is 0.450. The van der Waals surface area contributed by atoms with Crippen molar-refractivity contribution in [2.45, 2.75) is 45.6 Å². The highest BCUT2D eigenvalue weighted by molar-refractivity contribution is 5.33. The zero-order valence-electron chi connectivity index (χ0n) is 10.4. The molecule has 90 valence electrons. The minimum Gasteiger partial charge on any atom is -0.508 e. The lowest BCUT2D eigenvalue weighted by Crippen LogP contribution is -2.19. The number of benzene rings is 1. The summed E-state index contributed by atoms with van der Waals surface area (Å²) in [5, 5.41) is 13.1. The van der Waals surface area contributed by atoms with Gasteiger partial charge in [0.2, 0.25) is 0 Å². The summed E-state index contributed by atoms with van der Waals surface area (Å²) in [5.74, 6) is 0.385. The third kappa shape index (κ3) is 4.23. The van der Waals surface area contributed by atoms with Crippen LogP contribution in [0.25, 0.3) is 0 Å². The molecular weight excluding hydrogens is 198 g/mol. The largest absolute Gasteiger partial charge is 0.508 e. The second kappa shape index (κ2) is 7.29. The summed E-state index contributed by atoms with van der Waals surface area (Å²) in [6.45, 7) is 5.34. The molecule has 2 nitrogen and oxygen atoms in total. The molecule has 1 aromatic carbocycles. The molecule has 0 aliphatic rings. The monoisotopic (exact) mass is 221 g/mol. The zero-order chi connectivity index (χ0) is 11.8. The number of phenolic OH excluding ortho intramolecular Hbond substituents is 1. The van der Waals surface area contributed by atoms with Crippen molar-refractivity contribution in [2.24, 2.45) is 0 Å². The van der Waals surface area contributed by atoms with E-state index in [-0.39, 0.29) is 6.04 Å². The van der Waals surface area contributed by atoms with E-state index in [1.54, 1.807) is 6.07 Å². The van der Waals surface area contributed by atoms with Crippen LogP contribution in [0.15, 0.2) is 24.3 Å². The van der Waals surface area contributed by atoms with Crippen LogP contribution in [0.2, 0.25) is 0 Å². The quantitative estimate of drug-likeness (QED) is 0.689. The second-order valence-electron chi connectivity index (χ2n) is 4.30. The number of hydrogen-bond donors (Lipinski definition) is 2. The predicted octanol–water partition coefficient (Wildman–Crippen LogP) is 3.62. The number of unbranched alkanes of at least 4 members (excludes halogenated alkanes) is 3. The zero-order valence-corrected chi connectivity index (χ0v) is 10.4. The summed E-state index contributed by atoms with van der Waals surface area (Å²) < 4.78 is 0. The van der Waals surface area contributed by atoms with Crippen molar-refractivity contribution >= 4 is 0 Å². The molecule has 0 saturated heterocycles. The van der Waals surface area contributed by atoms with Crippen LogP contribution in [0, 0.1) is 0 Å². The fourth-order valence-electron chi connectivity index (χ4n) is 1.83. The second-order valence-corrected chi connectivity index (χ2v) is 4.30. The average molecular weight is 221 g/mol. The molecule has 0 spiro atoms. The molecule has 0 radical (unpaired) electrons. The van der Waals surface area contributed by atoms with E-state index in [0.29, 0.717) is 5.75 Å².